The van der Waals surface area contributed by atoms with Gasteiger partial charge in [0.1, 0.15) is 28.6 Å². The summed E-state index contributed by atoms with van der Waals surface area (Å²) in [5.41, 5.74) is -2.25. The Morgan fingerprint density at radius 3 is 2.09 bits per heavy atom. The minimum atomic E-state index is -4.58. The molecule has 0 aliphatic carbocycles. The van der Waals surface area contributed by atoms with Crippen LogP contribution in [0.1, 0.15) is 22.8 Å². The monoisotopic (exact) mass is 672 g/mol. The number of pyridine rings is 1. The molecular formula is C28H18Cl2F4N2O9. The second-order valence-corrected chi connectivity index (χ2v) is 9.44. The van der Waals surface area contributed by atoms with Gasteiger partial charge in [-0.3, -0.25) is 10.1 Å². The van der Waals surface area contributed by atoms with Crippen molar-refractivity contribution in [2.75, 3.05) is 0 Å². The minimum Gasteiger partial charge on any atom is -0.479 e. The number of carbonyl (C=O) groups is 2. The fourth-order valence-corrected chi connectivity index (χ4v) is 3.59. The van der Waals surface area contributed by atoms with E-state index < -0.39 is 51.8 Å². The van der Waals surface area contributed by atoms with Crippen LogP contribution in [0, 0.1) is 15.9 Å². The topological polar surface area (TPSA) is 158 Å². The summed E-state index contributed by atoms with van der Waals surface area (Å²) < 4.78 is 66.8. The maximum atomic E-state index is 13.5. The molecule has 0 spiro atoms. The second kappa shape index (κ2) is 14.5. The summed E-state index contributed by atoms with van der Waals surface area (Å²) in [5.74, 6) is -3.09. The van der Waals surface area contributed by atoms with Crippen molar-refractivity contribution in [3.05, 3.63) is 110 Å². The minimum absolute atomic E-state index is 0.125. The van der Waals surface area contributed by atoms with E-state index in [-0.39, 0.29) is 27.4 Å². The number of nitrogens with zero attached hydrogens (tertiary/aromatic N) is 2. The molecule has 2 N–H and O–H groups in total. The molecule has 1 atom stereocenters. The third-order valence-corrected chi connectivity index (χ3v) is 5.86. The lowest BCUT2D eigenvalue weighted by Crippen LogP contribution is -2.22. The molecule has 0 radical (unpaired) electrons. The predicted octanol–water partition coefficient (Wildman–Crippen LogP) is 8.28. The Kier molecular flexibility index (Phi) is 11.1. The Bertz CT molecular complexity index is 1720. The number of rotatable bonds is 9. The van der Waals surface area contributed by atoms with E-state index in [1.165, 1.54) is 37.4 Å². The van der Waals surface area contributed by atoms with E-state index in [0.717, 1.165) is 36.4 Å². The molecule has 1 heterocycles. The average Bonchev–Trinajstić information content (AvgIpc) is 2.96. The van der Waals surface area contributed by atoms with E-state index in [4.69, 9.17) is 47.6 Å². The van der Waals surface area contributed by atoms with E-state index in [2.05, 4.69) is 4.98 Å². The Labute approximate surface area is 260 Å². The number of aromatic nitrogens is 1. The number of carboxylic acids is 2. The zero-order valence-electron chi connectivity index (χ0n) is 22.4. The van der Waals surface area contributed by atoms with Crippen LogP contribution in [0.2, 0.25) is 10.0 Å². The average molecular weight is 673 g/mol. The molecule has 0 amide bonds. The molecule has 11 nitrogen and oxygen atoms in total. The number of nitro benzene ring substituents is 1. The van der Waals surface area contributed by atoms with Gasteiger partial charge in [0.2, 0.25) is 0 Å². The highest BCUT2D eigenvalue weighted by molar-refractivity contribution is 6.32. The first-order valence-electron chi connectivity index (χ1n) is 12.1. The Morgan fingerprint density at radius 1 is 0.933 bits per heavy atom. The van der Waals surface area contributed by atoms with Crippen molar-refractivity contribution in [2.45, 2.75) is 19.2 Å². The van der Waals surface area contributed by atoms with Gasteiger partial charge in [0.15, 0.2) is 11.9 Å². The number of aliphatic carboxylic acids is 1. The number of benzene rings is 3. The number of carboxylic acid groups (broad SMARTS) is 2. The molecule has 0 aliphatic rings. The highest BCUT2D eigenvalue weighted by Crippen LogP contribution is 2.37. The van der Waals surface area contributed by atoms with Gasteiger partial charge in [-0.15, -0.1) is 0 Å². The van der Waals surface area contributed by atoms with Gasteiger partial charge < -0.3 is 24.4 Å². The van der Waals surface area contributed by atoms with Gasteiger partial charge in [-0.25, -0.2) is 19.0 Å². The fourth-order valence-electron chi connectivity index (χ4n) is 3.23. The summed E-state index contributed by atoms with van der Waals surface area (Å²) in [5, 5.41) is 28.3. The number of alkyl halides is 3. The molecule has 0 bridgehead atoms. The van der Waals surface area contributed by atoms with Crippen molar-refractivity contribution in [1.29, 1.82) is 0 Å². The summed E-state index contributed by atoms with van der Waals surface area (Å²) in [7, 11) is 0. The molecule has 236 valence electrons. The molecule has 0 aliphatic heterocycles. The van der Waals surface area contributed by atoms with Gasteiger partial charge in [-0.1, -0.05) is 23.2 Å². The number of nitro groups is 1. The lowest BCUT2D eigenvalue weighted by atomic mass is 10.1. The van der Waals surface area contributed by atoms with E-state index in [1.807, 2.05) is 0 Å². The van der Waals surface area contributed by atoms with Gasteiger partial charge in [0.25, 0.3) is 11.6 Å². The maximum Gasteiger partial charge on any atom is 0.416 e. The largest absolute Gasteiger partial charge is 0.479 e. The highest BCUT2D eigenvalue weighted by atomic mass is 35.5. The number of ether oxygens (including phenoxy) is 3. The van der Waals surface area contributed by atoms with Crippen LogP contribution in [-0.4, -0.2) is 38.2 Å². The van der Waals surface area contributed by atoms with Crippen LogP contribution in [0.5, 0.6) is 28.9 Å². The van der Waals surface area contributed by atoms with Crippen molar-refractivity contribution in [1.82, 2.24) is 4.98 Å². The highest BCUT2D eigenvalue weighted by Gasteiger charge is 2.31. The van der Waals surface area contributed by atoms with Crippen molar-refractivity contribution in [3.8, 4) is 28.9 Å². The molecule has 4 rings (SSSR count). The standard InChI is InChI=1S/C14H7ClF3NO5.C14H11ClFNO4/c15-10-5-7(14(16,17)18)1-4-12(10)24-8-2-3-11(19(22)23)9(6-8)13(20)21;1-8(14(18)19)20-10-2-4-11(5-3-10)21-13-12(16)6-9(15)7-17-13/h1-6H,(H,20,21);2-8H,1H3,(H,18,19)/t;8-/m.1/s1. The van der Waals surface area contributed by atoms with Crippen LogP contribution < -0.4 is 14.2 Å². The van der Waals surface area contributed by atoms with Gasteiger partial charge in [0.05, 0.1) is 20.5 Å². The van der Waals surface area contributed by atoms with E-state index in [1.54, 1.807) is 0 Å². The first-order valence-corrected chi connectivity index (χ1v) is 12.9. The summed E-state index contributed by atoms with van der Waals surface area (Å²) in [6, 6.07) is 12.4. The molecule has 17 heteroatoms. The van der Waals surface area contributed by atoms with Crippen LogP contribution in [-0.2, 0) is 11.0 Å². The third kappa shape index (κ3) is 9.67. The lowest BCUT2D eigenvalue weighted by Gasteiger charge is -2.11. The van der Waals surface area contributed by atoms with Gasteiger partial charge in [0, 0.05) is 18.3 Å². The molecular weight excluding hydrogens is 655 g/mol. The predicted molar refractivity (Wildman–Crippen MR) is 150 cm³/mol. The first kappa shape index (κ1) is 34.3. The summed E-state index contributed by atoms with van der Waals surface area (Å²) >= 11 is 11.3. The lowest BCUT2D eigenvalue weighted by molar-refractivity contribution is -0.385. The Hall–Kier alpha value is -5.15. The molecule has 45 heavy (non-hydrogen) atoms. The molecule has 3 aromatic carbocycles. The van der Waals surface area contributed by atoms with Crippen LogP contribution in [0.4, 0.5) is 23.2 Å². The summed E-state index contributed by atoms with van der Waals surface area (Å²) in [6.07, 6.45) is -4.27. The van der Waals surface area contributed by atoms with E-state index in [0.29, 0.717) is 17.6 Å². The second-order valence-electron chi connectivity index (χ2n) is 8.60. The zero-order chi connectivity index (χ0) is 33.5. The summed E-state index contributed by atoms with van der Waals surface area (Å²) in [4.78, 5) is 35.3. The quantitative estimate of drug-likeness (QED) is 0.101. The van der Waals surface area contributed by atoms with Crippen LogP contribution >= 0.6 is 23.2 Å². The Morgan fingerprint density at radius 2 is 1.56 bits per heavy atom. The molecule has 4 aromatic rings. The van der Waals surface area contributed by atoms with Gasteiger partial charge >= 0.3 is 18.1 Å². The number of halogens is 6. The molecule has 0 saturated heterocycles. The van der Waals surface area contributed by atoms with E-state index >= 15 is 0 Å². The third-order valence-electron chi connectivity index (χ3n) is 5.36. The SMILES string of the molecule is C[C@@H](Oc1ccc(Oc2ncc(Cl)cc2F)cc1)C(=O)O.O=C(O)c1cc(Oc2ccc(C(F)(F)F)cc2Cl)ccc1[N+](=O)[O-]. The molecule has 0 fully saturated rings. The zero-order valence-corrected chi connectivity index (χ0v) is 23.9. The number of aromatic carboxylic acids is 1. The fraction of sp³-hybridized carbons (Fsp3) is 0.107. The first-order chi connectivity index (χ1) is 21.0. The van der Waals surface area contributed by atoms with Crippen molar-refractivity contribution < 1.29 is 56.5 Å². The maximum absolute atomic E-state index is 13.5. The normalized spacial score (nSPS) is 11.4. The van der Waals surface area contributed by atoms with Crippen molar-refractivity contribution in [2.24, 2.45) is 0 Å². The Balaban J connectivity index is 0.000000248. The molecule has 0 saturated carbocycles. The van der Waals surface area contributed by atoms with Gasteiger partial charge in [-0.2, -0.15) is 13.2 Å². The van der Waals surface area contributed by atoms with Crippen molar-refractivity contribution in [3.63, 3.8) is 0 Å². The molecule has 0 unspecified atom stereocenters. The number of hydrogen-bond acceptors (Lipinski definition) is 8. The summed E-state index contributed by atoms with van der Waals surface area (Å²) in [6.45, 7) is 1.42. The van der Waals surface area contributed by atoms with Gasteiger partial charge in [-0.05, 0) is 61.5 Å². The van der Waals surface area contributed by atoms with Crippen LogP contribution in [0.3, 0.4) is 0 Å². The number of hydrogen-bond donors (Lipinski definition) is 2. The van der Waals surface area contributed by atoms with Crippen molar-refractivity contribution >= 4 is 40.8 Å². The van der Waals surface area contributed by atoms with Crippen LogP contribution in [0.15, 0.2) is 72.9 Å². The molecule has 1 aromatic heterocycles. The van der Waals surface area contributed by atoms with Crippen LogP contribution in [0.25, 0.3) is 0 Å². The smallest absolute Gasteiger partial charge is 0.416 e. The van der Waals surface area contributed by atoms with E-state index in [9.17, 15) is 37.3 Å².